The summed E-state index contributed by atoms with van der Waals surface area (Å²) in [7, 11) is 0. The number of carbonyl (C=O) groups is 2. The van der Waals surface area contributed by atoms with Crippen LogP contribution in [-0.2, 0) is 23.9 Å². The van der Waals surface area contributed by atoms with Crippen LogP contribution in [0.5, 0.6) is 0 Å². The molecule has 0 aliphatic rings. The van der Waals surface area contributed by atoms with Gasteiger partial charge in [-0.25, -0.2) is 4.39 Å². The van der Waals surface area contributed by atoms with Gasteiger partial charge in [-0.3, -0.25) is 9.59 Å². The van der Waals surface area contributed by atoms with Gasteiger partial charge < -0.3 is 4.55 Å². The van der Waals surface area contributed by atoms with Crippen LogP contribution in [0.3, 0.4) is 0 Å². The van der Waals surface area contributed by atoms with Crippen molar-refractivity contribution in [1.29, 1.82) is 0 Å². The van der Waals surface area contributed by atoms with Gasteiger partial charge in [0.1, 0.15) is 5.82 Å². The quantitative estimate of drug-likeness (QED) is 0.561. The Morgan fingerprint density at radius 2 is 1.45 bits per heavy atom. The third-order valence-electron chi connectivity index (χ3n) is 3.37. The summed E-state index contributed by atoms with van der Waals surface area (Å²) in [4.78, 5) is 23.7. The van der Waals surface area contributed by atoms with Crippen LogP contribution in [0.25, 0.3) is 0 Å². The average Bonchev–Trinajstić information content (AvgIpc) is 2.60. The van der Waals surface area contributed by atoms with Crippen molar-refractivity contribution in [2.75, 3.05) is 0 Å². The molecule has 1 atom stereocenters. The summed E-state index contributed by atoms with van der Waals surface area (Å²) < 4.78 is 105. The Bertz CT molecular complexity index is 931. The van der Waals surface area contributed by atoms with E-state index in [2.05, 4.69) is 0 Å². The van der Waals surface area contributed by atoms with Crippen LogP contribution in [0.15, 0.2) is 42.5 Å². The van der Waals surface area contributed by atoms with Crippen molar-refractivity contribution in [1.82, 2.24) is 9.44 Å². The molecule has 2 aromatic carbocycles. The van der Waals surface area contributed by atoms with E-state index in [1.165, 1.54) is 4.72 Å². The highest BCUT2D eigenvalue weighted by molar-refractivity contribution is 7.88. The van der Waals surface area contributed by atoms with Gasteiger partial charge in [-0.2, -0.15) is 26.3 Å². The Morgan fingerprint density at radius 1 is 0.862 bits per heavy atom. The van der Waals surface area contributed by atoms with Gasteiger partial charge in [0, 0.05) is 5.56 Å². The molecule has 0 aliphatic heterocycles. The van der Waals surface area contributed by atoms with Crippen LogP contribution in [0.2, 0.25) is 0 Å². The van der Waals surface area contributed by atoms with Gasteiger partial charge in [0.2, 0.25) is 0 Å². The van der Waals surface area contributed by atoms with E-state index in [9.17, 15) is 44.9 Å². The Morgan fingerprint density at radius 3 is 2.03 bits per heavy atom. The first kappa shape index (κ1) is 22.5. The number of carbonyl (C=O) groups excluding carboxylic acids is 2. The highest BCUT2D eigenvalue weighted by atomic mass is 32.2. The molecular formula is C16H9F7N2O3S. The summed E-state index contributed by atoms with van der Waals surface area (Å²) in [5.41, 5.74) is -4.54. The zero-order valence-corrected chi connectivity index (χ0v) is 14.6. The second-order valence-electron chi connectivity index (χ2n) is 5.37. The Labute approximate surface area is 161 Å². The van der Waals surface area contributed by atoms with E-state index in [4.69, 9.17) is 0 Å². The van der Waals surface area contributed by atoms with Gasteiger partial charge in [-0.1, -0.05) is 12.1 Å². The fourth-order valence-electron chi connectivity index (χ4n) is 2.07. The zero-order chi connectivity index (χ0) is 22.0. The summed E-state index contributed by atoms with van der Waals surface area (Å²) in [6.07, 6.45) is -9.83. The molecule has 2 N–H and O–H groups in total. The zero-order valence-electron chi connectivity index (χ0n) is 13.8. The van der Waals surface area contributed by atoms with Gasteiger partial charge in [0.15, 0.2) is 11.5 Å². The summed E-state index contributed by atoms with van der Waals surface area (Å²) in [6.45, 7) is 0. The Balaban J connectivity index is 2.11. The van der Waals surface area contributed by atoms with Crippen molar-refractivity contribution in [2.45, 2.75) is 12.4 Å². The topological polar surface area (TPSA) is 81.3 Å². The lowest BCUT2D eigenvalue weighted by atomic mass is 10.1. The minimum Gasteiger partial charge on any atom is -0.568 e. The number of benzene rings is 2. The molecule has 2 aromatic rings. The second kappa shape index (κ2) is 8.29. The molecule has 0 aromatic heterocycles. The van der Waals surface area contributed by atoms with Crippen molar-refractivity contribution < 1.29 is 44.9 Å². The second-order valence-corrected chi connectivity index (χ2v) is 6.32. The van der Waals surface area contributed by atoms with Crippen LogP contribution in [0.4, 0.5) is 30.7 Å². The lowest BCUT2D eigenvalue weighted by Gasteiger charge is -2.13. The first-order valence-corrected chi connectivity index (χ1v) is 8.52. The minimum atomic E-state index is -5.09. The number of halogens is 7. The fourth-order valence-corrected chi connectivity index (χ4v) is 2.69. The molecule has 0 saturated heterocycles. The van der Waals surface area contributed by atoms with E-state index in [0.29, 0.717) is 24.3 Å². The van der Waals surface area contributed by atoms with Crippen molar-refractivity contribution in [3.63, 3.8) is 0 Å². The SMILES string of the molecule is O=C(N[S+]([O-])NC(=O)c1cccc(C(F)(F)F)c1F)c1cccc(C(F)(F)F)c1. The summed E-state index contributed by atoms with van der Waals surface area (Å²) in [5.74, 6) is -4.74. The molecule has 2 amide bonds. The van der Waals surface area contributed by atoms with Gasteiger partial charge in [0.05, 0.1) is 16.7 Å². The van der Waals surface area contributed by atoms with Gasteiger partial charge in [0.25, 0.3) is 11.8 Å². The van der Waals surface area contributed by atoms with Crippen LogP contribution < -0.4 is 9.44 Å². The molecule has 1 unspecified atom stereocenters. The molecule has 0 bridgehead atoms. The molecule has 156 valence electrons. The molecule has 0 heterocycles. The maximum atomic E-state index is 13.9. The molecule has 0 aliphatic carbocycles. The first-order valence-electron chi connectivity index (χ1n) is 7.37. The molecule has 0 saturated carbocycles. The molecule has 0 spiro atoms. The highest BCUT2D eigenvalue weighted by Gasteiger charge is 2.36. The minimum absolute atomic E-state index is 0.387. The molecule has 0 radical (unpaired) electrons. The monoisotopic (exact) mass is 442 g/mol. The van der Waals surface area contributed by atoms with Gasteiger partial charge in [-0.05, 0) is 30.3 Å². The van der Waals surface area contributed by atoms with Crippen LogP contribution in [0, 0.1) is 5.82 Å². The average molecular weight is 442 g/mol. The van der Waals surface area contributed by atoms with Crippen molar-refractivity contribution in [3.05, 3.63) is 70.5 Å². The van der Waals surface area contributed by atoms with Crippen molar-refractivity contribution >= 4 is 23.4 Å². The molecule has 2 rings (SSSR count). The Hall–Kier alpha value is -2.80. The van der Waals surface area contributed by atoms with E-state index < -0.39 is 63.8 Å². The summed E-state index contributed by atoms with van der Waals surface area (Å²) in [5, 5.41) is 0. The van der Waals surface area contributed by atoms with Crippen LogP contribution in [0.1, 0.15) is 31.8 Å². The van der Waals surface area contributed by atoms with Gasteiger partial charge in [-0.15, -0.1) is 9.44 Å². The van der Waals surface area contributed by atoms with Crippen LogP contribution in [-0.4, -0.2) is 16.4 Å². The van der Waals surface area contributed by atoms with E-state index in [-0.39, 0.29) is 0 Å². The van der Waals surface area contributed by atoms with E-state index in [0.717, 1.165) is 18.2 Å². The standard InChI is InChI=1S/C16H9F7N2O3S/c17-12-10(5-2-6-11(12)16(21,22)23)14(27)25-29(28)24-13(26)8-3-1-4-9(7-8)15(18,19)20/h1-7H,(H,24,26)(H,25,27). The third-order valence-corrected chi connectivity index (χ3v) is 4.11. The Kier molecular flexibility index (Phi) is 6.43. The normalized spacial score (nSPS) is 13.0. The van der Waals surface area contributed by atoms with Crippen LogP contribution >= 0.6 is 0 Å². The number of rotatable bonds is 4. The molecule has 0 fully saturated rings. The maximum absolute atomic E-state index is 13.9. The number of nitrogens with one attached hydrogen (secondary N) is 2. The van der Waals surface area contributed by atoms with Crippen molar-refractivity contribution in [2.24, 2.45) is 0 Å². The summed E-state index contributed by atoms with van der Waals surface area (Å²) >= 11 is -2.77. The predicted octanol–water partition coefficient (Wildman–Crippen LogP) is 3.60. The van der Waals surface area contributed by atoms with E-state index in [1.807, 2.05) is 0 Å². The molecule has 5 nitrogen and oxygen atoms in total. The predicted molar refractivity (Wildman–Crippen MR) is 85.9 cm³/mol. The largest absolute Gasteiger partial charge is 0.568 e. The molecule has 13 heteroatoms. The third kappa shape index (κ3) is 5.60. The number of hydrogen-bond acceptors (Lipinski definition) is 3. The number of alkyl halides is 6. The van der Waals surface area contributed by atoms with Gasteiger partial charge >= 0.3 is 12.4 Å². The number of amides is 2. The lowest BCUT2D eigenvalue weighted by Crippen LogP contribution is -2.43. The molecular weight excluding hydrogens is 433 g/mol. The van der Waals surface area contributed by atoms with E-state index >= 15 is 0 Å². The van der Waals surface area contributed by atoms with Crippen molar-refractivity contribution in [3.8, 4) is 0 Å². The number of hydrogen-bond donors (Lipinski definition) is 2. The van der Waals surface area contributed by atoms with E-state index in [1.54, 1.807) is 4.72 Å². The first-order chi connectivity index (χ1) is 13.3. The lowest BCUT2D eigenvalue weighted by molar-refractivity contribution is -0.140. The molecule has 29 heavy (non-hydrogen) atoms. The summed E-state index contributed by atoms with van der Waals surface area (Å²) in [6, 6.07) is 4.84. The maximum Gasteiger partial charge on any atom is 0.419 e. The highest BCUT2D eigenvalue weighted by Crippen LogP contribution is 2.32. The smallest absolute Gasteiger partial charge is 0.419 e. The fraction of sp³-hybridized carbons (Fsp3) is 0.125.